The van der Waals surface area contributed by atoms with E-state index in [1.807, 2.05) is 43.3 Å². The average Bonchev–Trinajstić information content (AvgIpc) is 3.26. The third kappa shape index (κ3) is 2.79. The highest BCUT2D eigenvalue weighted by molar-refractivity contribution is 7.89. The minimum Gasteiger partial charge on any atom is -0.493 e. The van der Waals surface area contributed by atoms with E-state index in [1.54, 1.807) is 0 Å². The van der Waals surface area contributed by atoms with Gasteiger partial charge in [0.25, 0.3) is 0 Å². The summed E-state index contributed by atoms with van der Waals surface area (Å²) < 4.78 is 39.8. The zero-order chi connectivity index (χ0) is 17.4. The topological polar surface area (TPSA) is 55.8 Å². The number of benzene rings is 2. The van der Waals surface area contributed by atoms with E-state index in [9.17, 15) is 8.42 Å². The lowest BCUT2D eigenvalue weighted by atomic mass is 10.1. The third-order valence-corrected chi connectivity index (χ3v) is 6.77. The zero-order valence-electron chi connectivity index (χ0n) is 14.2. The Labute approximate surface area is 148 Å². The van der Waals surface area contributed by atoms with Crippen molar-refractivity contribution < 1.29 is 17.9 Å². The van der Waals surface area contributed by atoms with Crippen LogP contribution in [0.25, 0.3) is 0 Å². The van der Waals surface area contributed by atoms with E-state index >= 15 is 0 Å². The molecule has 2 aliphatic heterocycles. The van der Waals surface area contributed by atoms with Crippen molar-refractivity contribution in [1.29, 1.82) is 0 Å². The molecule has 0 atom stereocenters. The lowest BCUT2D eigenvalue weighted by molar-refractivity contribution is 0.345. The van der Waals surface area contributed by atoms with Crippen molar-refractivity contribution in [1.82, 2.24) is 4.31 Å². The third-order valence-electron chi connectivity index (χ3n) is 4.75. The van der Waals surface area contributed by atoms with Crippen molar-refractivity contribution in [2.24, 2.45) is 0 Å². The monoisotopic (exact) mass is 359 g/mol. The number of rotatable bonds is 5. The van der Waals surface area contributed by atoms with Gasteiger partial charge in [0, 0.05) is 37.1 Å². The maximum absolute atomic E-state index is 13.5. The van der Waals surface area contributed by atoms with E-state index < -0.39 is 10.0 Å². The molecule has 2 aromatic carbocycles. The number of hydrogen-bond acceptors (Lipinski definition) is 4. The van der Waals surface area contributed by atoms with E-state index in [0.717, 1.165) is 23.1 Å². The van der Waals surface area contributed by atoms with Gasteiger partial charge in [0.15, 0.2) is 0 Å². The Balaban J connectivity index is 1.80. The van der Waals surface area contributed by atoms with Crippen molar-refractivity contribution >= 4 is 10.0 Å². The summed E-state index contributed by atoms with van der Waals surface area (Å²) in [5.74, 6) is 1.22. The second-order valence-corrected chi connectivity index (χ2v) is 8.16. The van der Waals surface area contributed by atoms with Gasteiger partial charge < -0.3 is 9.47 Å². The van der Waals surface area contributed by atoms with Crippen LogP contribution < -0.4 is 9.47 Å². The first-order chi connectivity index (χ1) is 12.1. The number of ether oxygens (including phenoxy) is 2. The van der Waals surface area contributed by atoms with Crippen LogP contribution in [-0.2, 0) is 29.4 Å². The molecule has 4 rings (SSSR count). The lowest BCUT2D eigenvalue weighted by Gasteiger charge is -2.23. The van der Waals surface area contributed by atoms with E-state index in [4.69, 9.17) is 9.47 Å². The molecule has 0 saturated heterocycles. The number of fused-ring (bicyclic) bond motifs is 2. The van der Waals surface area contributed by atoms with Crippen LogP contribution in [0.2, 0.25) is 0 Å². The van der Waals surface area contributed by atoms with Gasteiger partial charge in [0.2, 0.25) is 10.0 Å². The molecule has 5 nitrogen and oxygen atoms in total. The van der Waals surface area contributed by atoms with Crippen molar-refractivity contribution in [2.45, 2.75) is 31.2 Å². The normalized spacial score (nSPS) is 15.6. The van der Waals surface area contributed by atoms with Gasteiger partial charge in [-0.3, -0.25) is 0 Å². The molecule has 25 heavy (non-hydrogen) atoms. The van der Waals surface area contributed by atoms with Gasteiger partial charge in [-0.2, -0.15) is 4.31 Å². The molecule has 0 unspecified atom stereocenters. The average molecular weight is 359 g/mol. The maximum atomic E-state index is 13.5. The fourth-order valence-corrected chi connectivity index (χ4v) is 5.35. The van der Waals surface area contributed by atoms with Gasteiger partial charge in [0.05, 0.1) is 13.2 Å². The zero-order valence-corrected chi connectivity index (χ0v) is 15.0. The molecule has 0 fully saturated rings. The summed E-state index contributed by atoms with van der Waals surface area (Å²) >= 11 is 0. The van der Waals surface area contributed by atoms with E-state index in [2.05, 4.69) is 0 Å². The predicted octanol–water partition coefficient (Wildman–Crippen LogP) is 2.77. The standard InChI is InChI=1S/C19H21NO4S/c1-2-20(13-14-6-4-3-5-7-14)25(21,22)19-16-9-11-23-17(16)12-15-8-10-24-18(15)19/h3-7,12H,2,8-11,13H2,1H3. The highest BCUT2D eigenvalue weighted by atomic mass is 32.2. The molecule has 0 bridgehead atoms. The van der Waals surface area contributed by atoms with Crippen LogP contribution in [-0.4, -0.2) is 32.5 Å². The molecular weight excluding hydrogens is 338 g/mol. The van der Waals surface area contributed by atoms with Gasteiger partial charge in [-0.15, -0.1) is 0 Å². The van der Waals surface area contributed by atoms with Crippen molar-refractivity contribution in [2.75, 3.05) is 19.8 Å². The van der Waals surface area contributed by atoms with Crippen molar-refractivity contribution in [3.63, 3.8) is 0 Å². The summed E-state index contributed by atoms with van der Waals surface area (Å²) in [6.45, 7) is 3.65. The van der Waals surface area contributed by atoms with Crippen LogP contribution in [0.4, 0.5) is 0 Å². The Morgan fingerprint density at radius 3 is 2.60 bits per heavy atom. The Kier molecular flexibility index (Phi) is 4.17. The minimum atomic E-state index is -3.67. The van der Waals surface area contributed by atoms with Gasteiger partial charge in [-0.1, -0.05) is 37.3 Å². The number of sulfonamides is 1. The first-order valence-corrected chi connectivity index (χ1v) is 10.0. The summed E-state index contributed by atoms with van der Waals surface area (Å²) in [4.78, 5) is 0.313. The molecule has 0 aliphatic carbocycles. The quantitative estimate of drug-likeness (QED) is 0.824. The molecule has 2 aromatic rings. The Bertz CT molecular complexity index is 861. The second-order valence-electron chi connectivity index (χ2n) is 6.28. The molecule has 0 radical (unpaired) electrons. The van der Waals surface area contributed by atoms with Gasteiger partial charge in [0.1, 0.15) is 16.4 Å². The summed E-state index contributed by atoms with van der Waals surface area (Å²) in [6, 6.07) is 11.6. The molecule has 0 saturated carbocycles. The van der Waals surface area contributed by atoms with E-state index in [-0.39, 0.29) is 0 Å². The minimum absolute atomic E-state index is 0.313. The van der Waals surface area contributed by atoms with Crippen molar-refractivity contribution in [3.05, 3.63) is 53.1 Å². The van der Waals surface area contributed by atoms with Crippen LogP contribution in [0, 0.1) is 0 Å². The van der Waals surface area contributed by atoms with Gasteiger partial charge >= 0.3 is 0 Å². The Morgan fingerprint density at radius 2 is 1.84 bits per heavy atom. The van der Waals surface area contributed by atoms with Crippen LogP contribution in [0.3, 0.4) is 0 Å². The highest BCUT2D eigenvalue weighted by Gasteiger charge is 2.36. The van der Waals surface area contributed by atoms with Gasteiger partial charge in [-0.25, -0.2) is 8.42 Å². The SMILES string of the molecule is CCN(Cc1ccccc1)S(=O)(=O)c1c2c(cc3c1OCC3)OCC2. The smallest absolute Gasteiger partial charge is 0.247 e. The Morgan fingerprint density at radius 1 is 1.08 bits per heavy atom. The van der Waals surface area contributed by atoms with Crippen LogP contribution >= 0.6 is 0 Å². The molecule has 6 heteroatoms. The first-order valence-electron chi connectivity index (χ1n) is 8.59. The predicted molar refractivity (Wildman–Crippen MR) is 94.6 cm³/mol. The van der Waals surface area contributed by atoms with Crippen LogP contribution in [0.1, 0.15) is 23.6 Å². The Hall–Kier alpha value is -2.05. The lowest BCUT2D eigenvalue weighted by Crippen LogP contribution is -2.31. The van der Waals surface area contributed by atoms with E-state index in [1.165, 1.54) is 4.31 Å². The molecule has 0 spiro atoms. The first kappa shape index (κ1) is 16.4. The second kappa shape index (κ2) is 6.35. The van der Waals surface area contributed by atoms with Crippen LogP contribution in [0.5, 0.6) is 11.5 Å². The maximum Gasteiger partial charge on any atom is 0.247 e. The molecule has 2 heterocycles. The van der Waals surface area contributed by atoms with Gasteiger partial charge in [-0.05, 0) is 11.6 Å². The largest absolute Gasteiger partial charge is 0.493 e. The summed E-state index contributed by atoms with van der Waals surface area (Å²) in [6.07, 6.45) is 1.32. The fourth-order valence-electron chi connectivity index (χ4n) is 3.50. The molecular formula is C19H21NO4S. The highest BCUT2D eigenvalue weighted by Crippen LogP contribution is 2.44. The van der Waals surface area contributed by atoms with E-state index in [0.29, 0.717) is 49.1 Å². The molecule has 0 aromatic heterocycles. The molecule has 0 N–H and O–H groups in total. The summed E-state index contributed by atoms with van der Waals surface area (Å²) in [7, 11) is -3.67. The number of hydrogen-bond donors (Lipinski definition) is 0. The fraction of sp³-hybridized carbons (Fsp3) is 0.368. The molecule has 132 valence electrons. The van der Waals surface area contributed by atoms with Crippen molar-refractivity contribution in [3.8, 4) is 11.5 Å². The summed E-state index contributed by atoms with van der Waals surface area (Å²) in [5, 5.41) is 0. The van der Waals surface area contributed by atoms with Crippen LogP contribution in [0.15, 0.2) is 41.3 Å². The number of nitrogens with zero attached hydrogens (tertiary/aromatic N) is 1. The molecule has 0 amide bonds. The summed E-state index contributed by atoms with van der Waals surface area (Å²) in [5.41, 5.74) is 2.65. The molecule has 2 aliphatic rings.